The molecule has 6 heteroatoms. The summed E-state index contributed by atoms with van der Waals surface area (Å²) in [6.07, 6.45) is 0. The molecular formula is C21H25FN2O3. The lowest BCUT2D eigenvalue weighted by Crippen LogP contribution is -2.43. The molecule has 27 heavy (non-hydrogen) atoms. The van der Waals surface area contributed by atoms with E-state index < -0.39 is 0 Å². The first-order chi connectivity index (χ1) is 12.9. The SMILES string of the molecule is C[C@@H](NC(=O)[C@H](C)N(C)Cc1ccc2c(c1)OCCO2)c1ccc(F)cc1. The second kappa shape index (κ2) is 8.39. The minimum atomic E-state index is -0.318. The van der Waals surface area contributed by atoms with Crippen LogP contribution in [0.2, 0.25) is 0 Å². The van der Waals surface area contributed by atoms with Gasteiger partial charge in [-0.15, -0.1) is 0 Å². The smallest absolute Gasteiger partial charge is 0.237 e. The number of benzene rings is 2. The van der Waals surface area contributed by atoms with Crippen LogP contribution in [-0.4, -0.2) is 37.1 Å². The Balaban J connectivity index is 1.58. The molecule has 1 N–H and O–H groups in total. The first-order valence-corrected chi connectivity index (χ1v) is 9.08. The molecule has 5 nitrogen and oxygen atoms in total. The quantitative estimate of drug-likeness (QED) is 0.845. The van der Waals surface area contributed by atoms with E-state index in [1.807, 2.05) is 44.0 Å². The van der Waals surface area contributed by atoms with Crippen molar-refractivity contribution in [1.29, 1.82) is 0 Å². The third-order valence-electron chi connectivity index (χ3n) is 4.81. The van der Waals surface area contributed by atoms with E-state index in [-0.39, 0.29) is 23.8 Å². The predicted octanol–water partition coefficient (Wildman–Crippen LogP) is 3.29. The van der Waals surface area contributed by atoms with Crippen LogP contribution in [0.5, 0.6) is 11.5 Å². The number of fused-ring (bicyclic) bond motifs is 1. The molecule has 0 fully saturated rings. The summed E-state index contributed by atoms with van der Waals surface area (Å²) in [4.78, 5) is 14.6. The largest absolute Gasteiger partial charge is 0.486 e. The maximum Gasteiger partial charge on any atom is 0.237 e. The van der Waals surface area contributed by atoms with E-state index in [0.29, 0.717) is 19.8 Å². The third kappa shape index (κ3) is 4.77. The van der Waals surface area contributed by atoms with E-state index in [9.17, 15) is 9.18 Å². The third-order valence-corrected chi connectivity index (χ3v) is 4.81. The van der Waals surface area contributed by atoms with Gasteiger partial charge in [-0.2, -0.15) is 0 Å². The predicted molar refractivity (Wildman–Crippen MR) is 101 cm³/mol. The Morgan fingerprint density at radius 2 is 1.78 bits per heavy atom. The maximum absolute atomic E-state index is 13.0. The van der Waals surface area contributed by atoms with Gasteiger partial charge in [0.05, 0.1) is 12.1 Å². The van der Waals surface area contributed by atoms with Gasteiger partial charge in [-0.25, -0.2) is 4.39 Å². The van der Waals surface area contributed by atoms with Gasteiger partial charge < -0.3 is 14.8 Å². The zero-order chi connectivity index (χ0) is 19.4. The van der Waals surface area contributed by atoms with Crippen LogP contribution < -0.4 is 14.8 Å². The van der Waals surface area contributed by atoms with E-state index >= 15 is 0 Å². The van der Waals surface area contributed by atoms with E-state index in [1.54, 1.807) is 12.1 Å². The van der Waals surface area contributed by atoms with Gasteiger partial charge in [-0.3, -0.25) is 9.69 Å². The standard InChI is InChI=1S/C21H25FN2O3/c1-14(17-5-7-18(22)8-6-17)23-21(25)15(2)24(3)13-16-4-9-19-20(12-16)27-11-10-26-19/h4-9,12,14-15H,10-11,13H2,1-3H3,(H,23,25)/t14-,15+/m1/s1. The zero-order valence-corrected chi connectivity index (χ0v) is 15.9. The number of carbonyl (C=O) groups is 1. The molecule has 2 atom stereocenters. The first-order valence-electron chi connectivity index (χ1n) is 9.08. The summed E-state index contributed by atoms with van der Waals surface area (Å²) in [5.74, 6) is 1.14. The average Bonchev–Trinajstić information content (AvgIpc) is 2.67. The number of likely N-dealkylation sites (N-methyl/N-ethyl adjacent to an activating group) is 1. The van der Waals surface area contributed by atoms with Crippen molar-refractivity contribution in [3.63, 3.8) is 0 Å². The highest BCUT2D eigenvalue weighted by atomic mass is 19.1. The van der Waals surface area contributed by atoms with Crippen molar-refractivity contribution in [2.24, 2.45) is 0 Å². The molecule has 2 aromatic carbocycles. The Bertz CT molecular complexity index is 795. The number of rotatable bonds is 6. The minimum Gasteiger partial charge on any atom is -0.486 e. The number of halogens is 1. The Morgan fingerprint density at radius 3 is 2.48 bits per heavy atom. The number of nitrogens with zero attached hydrogens (tertiary/aromatic N) is 1. The van der Waals surface area contributed by atoms with Crippen molar-refractivity contribution in [2.45, 2.75) is 32.5 Å². The monoisotopic (exact) mass is 372 g/mol. The molecule has 144 valence electrons. The molecule has 1 heterocycles. The van der Waals surface area contributed by atoms with Gasteiger partial charge in [0.1, 0.15) is 19.0 Å². The Hall–Kier alpha value is -2.60. The van der Waals surface area contributed by atoms with Gasteiger partial charge in [0.25, 0.3) is 0 Å². The van der Waals surface area contributed by atoms with E-state index in [2.05, 4.69) is 5.32 Å². The molecule has 2 aromatic rings. The topological polar surface area (TPSA) is 50.8 Å². The van der Waals surface area contributed by atoms with E-state index in [1.165, 1.54) is 12.1 Å². The van der Waals surface area contributed by atoms with Crippen LogP contribution in [-0.2, 0) is 11.3 Å². The molecule has 1 amide bonds. The minimum absolute atomic E-state index is 0.0770. The lowest BCUT2D eigenvalue weighted by molar-refractivity contribution is -0.126. The van der Waals surface area contributed by atoms with E-state index in [0.717, 1.165) is 22.6 Å². The van der Waals surface area contributed by atoms with Crippen LogP contribution in [0, 0.1) is 5.82 Å². The van der Waals surface area contributed by atoms with Gasteiger partial charge >= 0.3 is 0 Å². The van der Waals surface area contributed by atoms with Gasteiger partial charge in [0.15, 0.2) is 11.5 Å². The second-order valence-corrected chi connectivity index (χ2v) is 6.85. The zero-order valence-electron chi connectivity index (χ0n) is 15.9. The summed E-state index contributed by atoms with van der Waals surface area (Å²) >= 11 is 0. The fourth-order valence-electron chi connectivity index (χ4n) is 2.98. The molecule has 0 saturated carbocycles. The molecular weight excluding hydrogens is 347 g/mol. The summed E-state index contributed by atoms with van der Waals surface area (Å²) in [7, 11) is 1.91. The van der Waals surface area contributed by atoms with Crippen LogP contribution >= 0.6 is 0 Å². The van der Waals surface area contributed by atoms with Crippen LogP contribution in [0.3, 0.4) is 0 Å². The van der Waals surface area contributed by atoms with Gasteiger partial charge in [0, 0.05) is 6.54 Å². The molecule has 0 aliphatic carbocycles. The molecule has 1 aliphatic heterocycles. The fourth-order valence-corrected chi connectivity index (χ4v) is 2.98. The summed E-state index contributed by atoms with van der Waals surface area (Å²) in [5, 5.41) is 2.98. The van der Waals surface area contributed by atoms with Crippen molar-refractivity contribution < 1.29 is 18.7 Å². The van der Waals surface area contributed by atoms with Crippen molar-refractivity contribution in [3.8, 4) is 11.5 Å². The van der Waals surface area contributed by atoms with Crippen molar-refractivity contribution >= 4 is 5.91 Å². The highest BCUT2D eigenvalue weighted by Crippen LogP contribution is 2.31. The lowest BCUT2D eigenvalue weighted by Gasteiger charge is -2.26. The Labute approximate surface area is 159 Å². The lowest BCUT2D eigenvalue weighted by atomic mass is 10.1. The van der Waals surface area contributed by atoms with Gasteiger partial charge in [-0.1, -0.05) is 18.2 Å². The number of ether oxygens (including phenoxy) is 2. The normalized spacial score (nSPS) is 15.3. The Kier molecular flexibility index (Phi) is 5.96. The molecule has 0 unspecified atom stereocenters. The van der Waals surface area contributed by atoms with Gasteiger partial charge in [0.2, 0.25) is 5.91 Å². The molecule has 0 radical (unpaired) electrons. The number of hydrogen-bond donors (Lipinski definition) is 1. The molecule has 0 bridgehead atoms. The summed E-state index contributed by atoms with van der Waals surface area (Å²) in [5.41, 5.74) is 1.92. The van der Waals surface area contributed by atoms with Crippen molar-refractivity contribution in [2.75, 3.05) is 20.3 Å². The summed E-state index contributed by atoms with van der Waals surface area (Å²) in [6, 6.07) is 11.5. The van der Waals surface area contributed by atoms with Crippen LogP contribution in [0.15, 0.2) is 42.5 Å². The summed E-state index contributed by atoms with van der Waals surface area (Å²) < 4.78 is 24.2. The molecule has 0 aromatic heterocycles. The van der Waals surface area contributed by atoms with Crippen LogP contribution in [0.25, 0.3) is 0 Å². The van der Waals surface area contributed by atoms with E-state index in [4.69, 9.17) is 9.47 Å². The summed E-state index contributed by atoms with van der Waals surface area (Å²) in [6.45, 7) is 5.47. The molecule has 3 rings (SSSR count). The second-order valence-electron chi connectivity index (χ2n) is 6.85. The van der Waals surface area contributed by atoms with Crippen molar-refractivity contribution in [1.82, 2.24) is 10.2 Å². The number of carbonyl (C=O) groups excluding carboxylic acids is 1. The van der Waals surface area contributed by atoms with Crippen LogP contribution in [0.1, 0.15) is 31.0 Å². The highest BCUT2D eigenvalue weighted by Gasteiger charge is 2.21. The molecule has 0 spiro atoms. The number of amides is 1. The number of nitrogens with one attached hydrogen (secondary N) is 1. The number of hydrogen-bond acceptors (Lipinski definition) is 4. The fraction of sp³-hybridized carbons (Fsp3) is 0.381. The maximum atomic E-state index is 13.0. The van der Waals surface area contributed by atoms with Crippen LogP contribution in [0.4, 0.5) is 4.39 Å². The molecule has 0 saturated heterocycles. The van der Waals surface area contributed by atoms with Gasteiger partial charge in [-0.05, 0) is 56.3 Å². The highest BCUT2D eigenvalue weighted by molar-refractivity contribution is 5.81. The average molecular weight is 372 g/mol. The molecule has 1 aliphatic rings. The van der Waals surface area contributed by atoms with Crippen molar-refractivity contribution in [3.05, 3.63) is 59.4 Å². The Morgan fingerprint density at radius 1 is 1.11 bits per heavy atom. The first kappa shape index (κ1) is 19.2.